The predicted molar refractivity (Wildman–Crippen MR) is 61.6 cm³/mol. The number of nitro groups is 1. The number of hydrogen-bond donors (Lipinski definition) is 3. The van der Waals surface area contributed by atoms with E-state index < -0.39 is 11.0 Å². The van der Waals surface area contributed by atoms with E-state index in [1.54, 1.807) is 0 Å². The molecule has 1 aromatic rings. The summed E-state index contributed by atoms with van der Waals surface area (Å²) >= 11 is 0. The van der Waals surface area contributed by atoms with Gasteiger partial charge in [0.05, 0.1) is 24.3 Å². The van der Waals surface area contributed by atoms with Crippen molar-refractivity contribution in [1.29, 1.82) is 0 Å². The Morgan fingerprint density at radius 3 is 2.83 bits per heavy atom. The molecule has 9 nitrogen and oxygen atoms in total. The molecule has 1 aromatic carbocycles. The van der Waals surface area contributed by atoms with E-state index in [1.165, 1.54) is 7.11 Å². The van der Waals surface area contributed by atoms with Crippen LogP contribution in [0.2, 0.25) is 0 Å². The highest BCUT2D eigenvalue weighted by molar-refractivity contribution is 5.87. The number of carbonyl (C=O) groups is 1. The number of phenols is 1. The molecular weight excluding hydrogens is 244 g/mol. The molecule has 0 aliphatic carbocycles. The molecule has 0 aliphatic heterocycles. The summed E-state index contributed by atoms with van der Waals surface area (Å²) in [5, 5.41) is 23.7. The number of nitrogens with one attached hydrogen (secondary N) is 1. The normalized spacial score (nSPS) is 10.3. The van der Waals surface area contributed by atoms with Crippen LogP contribution in [0.25, 0.3) is 0 Å². The predicted octanol–water partition coefficient (Wildman–Crippen LogP) is 0.311. The number of non-ortho nitro benzene ring substituents is 1. The van der Waals surface area contributed by atoms with E-state index in [-0.39, 0.29) is 22.7 Å². The molecule has 0 spiro atoms. The maximum absolute atomic E-state index is 10.6. The van der Waals surface area contributed by atoms with Crippen LogP contribution in [0.5, 0.6) is 11.5 Å². The second-order valence-corrected chi connectivity index (χ2v) is 3.08. The zero-order valence-corrected chi connectivity index (χ0v) is 9.28. The van der Waals surface area contributed by atoms with Crippen molar-refractivity contribution in [3.63, 3.8) is 0 Å². The van der Waals surface area contributed by atoms with Crippen molar-refractivity contribution in [2.75, 3.05) is 7.11 Å². The lowest BCUT2D eigenvalue weighted by Crippen LogP contribution is -2.24. The van der Waals surface area contributed by atoms with Gasteiger partial charge in [-0.05, 0) is 0 Å². The maximum atomic E-state index is 10.6. The third kappa shape index (κ3) is 3.07. The number of primary amides is 1. The second-order valence-electron chi connectivity index (χ2n) is 3.08. The van der Waals surface area contributed by atoms with Crippen molar-refractivity contribution < 1.29 is 19.6 Å². The Morgan fingerprint density at radius 2 is 2.33 bits per heavy atom. The first kappa shape index (κ1) is 13.2. The fraction of sp³-hybridized carbons (Fsp3) is 0.111. The number of methoxy groups -OCH3 is 1. The largest absolute Gasteiger partial charge is 0.504 e. The summed E-state index contributed by atoms with van der Waals surface area (Å²) in [6.07, 6.45) is 1.01. The second kappa shape index (κ2) is 5.48. The monoisotopic (exact) mass is 254 g/mol. The molecule has 96 valence electrons. The molecule has 0 unspecified atom stereocenters. The van der Waals surface area contributed by atoms with Crippen LogP contribution in [0.15, 0.2) is 17.2 Å². The number of aromatic hydroxyl groups is 1. The summed E-state index contributed by atoms with van der Waals surface area (Å²) in [6, 6.07) is 1.24. The Labute approximate surface area is 101 Å². The van der Waals surface area contributed by atoms with Crippen LogP contribution in [-0.4, -0.2) is 29.4 Å². The number of phenolic OH excluding ortho intramolecular Hbond substituents is 1. The number of nitro benzene ring substituents is 1. The molecular formula is C9H10N4O5. The molecule has 0 heterocycles. The quantitative estimate of drug-likeness (QED) is 0.403. The first-order valence-electron chi connectivity index (χ1n) is 4.59. The fourth-order valence-corrected chi connectivity index (χ4v) is 1.14. The summed E-state index contributed by atoms with van der Waals surface area (Å²) < 4.78 is 4.78. The molecule has 0 saturated carbocycles. The summed E-state index contributed by atoms with van der Waals surface area (Å²) in [4.78, 5) is 20.4. The number of benzene rings is 1. The van der Waals surface area contributed by atoms with E-state index in [1.807, 2.05) is 5.43 Å². The highest BCUT2D eigenvalue weighted by Gasteiger charge is 2.15. The van der Waals surface area contributed by atoms with Crippen LogP contribution in [0, 0.1) is 10.1 Å². The van der Waals surface area contributed by atoms with Crippen LogP contribution in [-0.2, 0) is 0 Å². The van der Waals surface area contributed by atoms with E-state index in [4.69, 9.17) is 10.5 Å². The minimum absolute atomic E-state index is 0.00907. The van der Waals surface area contributed by atoms with Crippen LogP contribution in [0.3, 0.4) is 0 Å². The maximum Gasteiger partial charge on any atom is 0.332 e. The number of hydrazone groups is 1. The van der Waals surface area contributed by atoms with Crippen molar-refractivity contribution in [1.82, 2.24) is 5.43 Å². The Balaban J connectivity index is 3.16. The average Bonchev–Trinajstić information content (AvgIpc) is 2.30. The third-order valence-corrected chi connectivity index (χ3v) is 1.90. The zero-order chi connectivity index (χ0) is 13.7. The summed E-state index contributed by atoms with van der Waals surface area (Å²) in [6.45, 7) is 0. The molecule has 4 N–H and O–H groups in total. The molecule has 0 fully saturated rings. The molecule has 0 saturated heterocycles. The van der Waals surface area contributed by atoms with E-state index in [0.717, 1.165) is 18.3 Å². The molecule has 0 atom stereocenters. The van der Waals surface area contributed by atoms with Crippen molar-refractivity contribution in [2.45, 2.75) is 0 Å². The standard InChI is InChI=1S/C9H10N4O5/c1-18-7-3-6(13(16)17)2-5(8(7)14)4-11-12-9(10)15/h2-4,14H,1H3,(H3,10,12,15)/b11-4+. The Morgan fingerprint density at radius 1 is 1.67 bits per heavy atom. The van der Waals surface area contributed by atoms with Gasteiger partial charge >= 0.3 is 6.03 Å². The van der Waals surface area contributed by atoms with Gasteiger partial charge in [0.25, 0.3) is 5.69 Å². The molecule has 18 heavy (non-hydrogen) atoms. The van der Waals surface area contributed by atoms with Gasteiger partial charge < -0.3 is 15.6 Å². The Hall–Kier alpha value is -2.84. The van der Waals surface area contributed by atoms with E-state index in [9.17, 15) is 20.0 Å². The van der Waals surface area contributed by atoms with Gasteiger partial charge in [-0.2, -0.15) is 5.10 Å². The molecule has 0 radical (unpaired) electrons. The summed E-state index contributed by atoms with van der Waals surface area (Å²) in [5.41, 5.74) is 6.39. The lowest BCUT2D eigenvalue weighted by atomic mass is 10.2. The number of urea groups is 1. The van der Waals surface area contributed by atoms with E-state index in [2.05, 4.69) is 5.10 Å². The van der Waals surface area contributed by atoms with E-state index >= 15 is 0 Å². The summed E-state index contributed by atoms with van der Waals surface area (Å²) in [5.74, 6) is -0.414. The number of nitrogens with zero attached hydrogens (tertiary/aromatic N) is 2. The summed E-state index contributed by atoms with van der Waals surface area (Å²) in [7, 11) is 1.25. The van der Waals surface area contributed by atoms with Crippen molar-refractivity contribution >= 4 is 17.9 Å². The number of ether oxygens (including phenoxy) is 1. The van der Waals surface area contributed by atoms with Crippen LogP contribution >= 0.6 is 0 Å². The fourth-order valence-electron chi connectivity index (χ4n) is 1.14. The van der Waals surface area contributed by atoms with Crippen molar-refractivity contribution in [2.24, 2.45) is 10.8 Å². The molecule has 0 bridgehead atoms. The molecule has 2 amide bonds. The molecule has 0 aliphatic rings. The number of carbonyl (C=O) groups excluding carboxylic acids is 1. The van der Waals surface area contributed by atoms with Gasteiger partial charge in [-0.1, -0.05) is 0 Å². The lowest BCUT2D eigenvalue weighted by molar-refractivity contribution is -0.385. The van der Waals surface area contributed by atoms with Gasteiger partial charge in [-0.15, -0.1) is 0 Å². The van der Waals surface area contributed by atoms with Crippen LogP contribution < -0.4 is 15.9 Å². The van der Waals surface area contributed by atoms with Crippen molar-refractivity contribution in [3.8, 4) is 11.5 Å². The first-order chi connectivity index (χ1) is 8.45. The average molecular weight is 254 g/mol. The minimum Gasteiger partial charge on any atom is -0.504 e. The molecule has 0 aromatic heterocycles. The topological polar surface area (TPSA) is 140 Å². The van der Waals surface area contributed by atoms with Gasteiger partial charge in [0, 0.05) is 11.6 Å². The first-order valence-corrected chi connectivity index (χ1v) is 4.59. The SMILES string of the molecule is COc1cc([N+](=O)[O-])cc(/C=N/NC(N)=O)c1O. The third-order valence-electron chi connectivity index (χ3n) is 1.90. The zero-order valence-electron chi connectivity index (χ0n) is 9.28. The van der Waals surface area contributed by atoms with Crippen molar-refractivity contribution in [3.05, 3.63) is 27.8 Å². The van der Waals surface area contributed by atoms with Crippen LogP contribution in [0.4, 0.5) is 10.5 Å². The highest BCUT2D eigenvalue weighted by atomic mass is 16.6. The van der Waals surface area contributed by atoms with Gasteiger partial charge in [0.1, 0.15) is 0 Å². The molecule has 1 rings (SSSR count). The highest BCUT2D eigenvalue weighted by Crippen LogP contribution is 2.33. The van der Waals surface area contributed by atoms with Gasteiger partial charge in [0.15, 0.2) is 11.5 Å². The number of amides is 2. The van der Waals surface area contributed by atoms with Crippen LogP contribution in [0.1, 0.15) is 5.56 Å². The Bertz CT molecular complexity index is 514. The minimum atomic E-state index is -0.900. The molecule has 9 heteroatoms. The smallest absolute Gasteiger partial charge is 0.332 e. The number of nitrogens with two attached hydrogens (primary N) is 1. The van der Waals surface area contributed by atoms with Gasteiger partial charge in [-0.3, -0.25) is 10.1 Å². The number of rotatable bonds is 4. The number of hydrogen-bond acceptors (Lipinski definition) is 6. The lowest BCUT2D eigenvalue weighted by Gasteiger charge is -2.05. The van der Waals surface area contributed by atoms with Gasteiger partial charge in [-0.25, -0.2) is 10.2 Å². The van der Waals surface area contributed by atoms with Gasteiger partial charge in [0.2, 0.25) is 0 Å². The Kier molecular flexibility index (Phi) is 4.02. The van der Waals surface area contributed by atoms with E-state index in [0.29, 0.717) is 0 Å².